The Bertz CT molecular complexity index is 284. The second-order valence-corrected chi connectivity index (χ2v) is 9.96. The third-order valence-electron chi connectivity index (χ3n) is 5.09. The van der Waals surface area contributed by atoms with E-state index in [1.807, 2.05) is 0 Å². The number of hydrogen-bond donors (Lipinski definition) is 1. The van der Waals surface area contributed by atoms with Gasteiger partial charge in [-0.25, -0.2) is 0 Å². The Labute approximate surface area is 134 Å². The lowest BCUT2D eigenvalue weighted by molar-refractivity contribution is 0.222. The lowest BCUT2D eigenvalue weighted by Crippen LogP contribution is -2.49. The molecule has 20 heavy (non-hydrogen) atoms. The molecular weight excluding hydrogens is 282 g/mol. The molecule has 1 nitrogen and oxygen atoms in total. The molecule has 0 radical (unpaired) electrons. The van der Waals surface area contributed by atoms with Crippen molar-refractivity contribution >= 4 is 23.5 Å². The van der Waals surface area contributed by atoms with Crippen molar-refractivity contribution in [2.24, 2.45) is 11.8 Å². The molecule has 0 aromatic rings. The summed E-state index contributed by atoms with van der Waals surface area (Å²) >= 11 is 4.46. The molecule has 0 aromatic heterocycles. The van der Waals surface area contributed by atoms with Crippen LogP contribution in [0.5, 0.6) is 0 Å². The minimum atomic E-state index is 0.755. The highest BCUT2D eigenvalue weighted by Gasteiger charge is 2.36. The van der Waals surface area contributed by atoms with Crippen molar-refractivity contribution in [3.63, 3.8) is 0 Å². The zero-order chi connectivity index (χ0) is 14.5. The summed E-state index contributed by atoms with van der Waals surface area (Å²) in [5.74, 6) is 3.21. The molecule has 0 spiro atoms. The van der Waals surface area contributed by atoms with Gasteiger partial charge in [0, 0.05) is 27.5 Å². The quantitative estimate of drug-likeness (QED) is 0.782. The Morgan fingerprint density at radius 2 is 1.95 bits per heavy atom. The van der Waals surface area contributed by atoms with Gasteiger partial charge in [-0.1, -0.05) is 40.5 Å². The smallest absolute Gasteiger partial charge is 0.0297 e. The topological polar surface area (TPSA) is 12.0 Å². The summed E-state index contributed by atoms with van der Waals surface area (Å²) in [6.07, 6.45) is 7.07. The van der Waals surface area contributed by atoms with Gasteiger partial charge in [0.05, 0.1) is 0 Å². The Balaban J connectivity index is 1.98. The maximum Gasteiger partial charge on any atom is 0.0297 e. The fourth-order valence-corrected chi connectivity index (χ4v) is 6.93. The van der Waals surface area contributed by atoms with Crippen molar-refractivity contribution in [1.82, 2.24) is 5.32 Å². The standard InChI is InChI=1S/C17H33NS2/c1-5-9-18-17(15-8-6-7-12(2)10-15)16-11-19-13(3)14(4)20-16/h12-18H,5-11H2,1-4H3. The van der Waals surface area contributed by atoms with Crippen molar-refractivity contribution < 1.29 is 0 Å². The van der Waals surface area contributed by atoms with E-state index in [9.17, 15) is 0 Å². The van der Waals surface area contributed by atoms with Crippen molar-refractivity contribution in [3.8, 4) is 0 Å². The van der Waals surface area contributed by atoms with Gasteiger partial charge >= 0.3 is 0 Å². The van der Waals surface area contributed by atoms with Gasteiger partial charge in [-0.15, -0.1) is 0 Å². The van der Waals surface area contributed by atoms with Crippen molar-refractivity contribution in [2.75, 3.05) is 12.3 Å². The van der Waals surface area contributed by atoms with Crippen LogP contribution < -0.4 is 5.32 Å². The molecule has 6 unspecified atom stereocenters. The van der Waals surface area contributed by atoms with E-state index >= 15 is 0 Å². The molecule has 6 atom stereocenters. The summed E-state index contributed by atoms with van der Waals surface area (Å²) in [6.45, 7) is 10.8. The van der Waals surface area contributed by atoms with Gasteiger partial charge in [0.1, 0.15) is 0 Å². The maximum absolute atomic E-state index is 3.93. The molecule has 1 aliphatic carbocycles. The number of rotatable bonds is 5. The maximum atomic E-state index is 3.93. The van der Waals surface area contributed by atoms with Gasteiger partial charge in [0.25, 0.3) is 0 Å². The molecule has 2 fully saturated rings. The van der Waals surface area contributed by atoms with E-state index in [0.29, 0.717) is 0 Å². The van der Waals surface area contributed by atoms with E-state index in [1.165, 1.54) is 44.4 Å². The molecular formula is C17H33NS2. The van der Waals surface area contributed by atoms with Gasteiger partial charge in [0.15, 0.2) is 0 Å². The van der Waals surface area contributed by atoms with Crippen LogP contribution >= 0.6 is 23.5 Å². The van der Waals surface area contributed by atoms with E-state index in [2.05, 4.69) is 56.5 Å². The Morgan fingerprint density at radius 3 is 2.60 bits per heavy atom. The first-order chi connectivity index (χ1) is 9.61. The minimum Gasteiger partial charge on any atom is -0.313 e. The molecule has 0 amide bonds. The van der Waals surface area contributed by atoms with Crippen molar-refractivity contribution in [3.05, 3.63) is 0 Å². The van der Waals surface area contributed by atoms with Crippen LogP contribution in [0, 0.1) is 11.8 Å². The molecule has 0 aromatic carbocycles. The summed E-state index contributed by atoms with van der Waals surface area (Å²) in [7, 11) is 0. The fraction of sp³-hybridized carbons (Fsp3) is 1.00. The summed E-state index contributed by atoms with van der Waals surface area (Å²) in [4.78, 5) is 0. The van der Waals surface area contributed by atoms with Crippen LogP contribution in [0.1, 0.15) is 59.8 Å². The first-order valence-corrected chi connectivity index (χ1v) is 10.6. The predicted octanol–water partition coefficient (Wildman–Crippen LogP) is 4.81. The zero-order valence-electron chi connectivity index (χ0n) is 13.7. The van der Waals surface area contributed by atoms with E-state index < -0.39 is 0 Å². The molecule has 0 bridgehead atoms. The van der Waals surface area contributed by atoms with Crippen LogP contribution in [-0.4, -0.2) is 34.1 Å². The monoisotopic (exact) mass is 315 g/mol. The molecule has 1 saturated heterocycles. The van der Waals surface area contributed by atoms with Gasteiger partial charge in [0.2, 0.25) is 0 Å². The number of hydrogen-bond acceptors (Lipinski definition) is 3. The van der Waals surface area contributed by atoms with E-state index in [0.717, 1.165) is 33.6 Å². The van der Waals surface area contributed by atoms with E-state index in [1.54, 1.807) is 0 Å². The van der Waals surface area contributed by atoms with Crippen LogP contribution in [0.15, 0.2) is 0 Å². The predicted molar refractivity (Wildman–Crippen MR) is 96.0 cm³/mol. The van der Waals surface area contributed by atoms with Gasteiger partial charge in [-0.05, 0) is 37.6 Å². The van der Waals surface area contributed by atoms with Crippen molar-refractivity contribution in [2.45, 2.75) is 81.6 Å². The Kier molecular flexibility index (Phi) is 7.09. The van der Waals surface area contributed by atoms with Crippen LogP contribution in [0.3, 0.4) is 0 Å². The Hall–Kier alpha value is 0.660. The first-order valence-electron chi connectivity index (χ1n) is 8.62. The van der Waals surface area contributed by atoms with Gasteiger partial charge in [-0.2, -0.15) is 23.5 Å². The molecule has 2 aliphatic rings. The van der Waals surface area contributed by atoms with E-state index in [-0.39, 0.29) is 0 Å². The van der Waals surface area contributed by atoms with Crippen molar-refractivity contribution in [1.29, 1.82) is 0 Å². The molecule has 1 N–H and O–H groups in total. The molecule has 2 rings (SSSR count). The summed E-state index contributed by atoms with van der Waals surface area (Å²) in [6, 6.07) is 0.755. The average molecular weight is 316 g/mol. The summed E-state index contributed by atoms with van der Waals surface area (Å²) in [5.41, 5.74) is 0. The van der Waals surface area contributed by atoms with Crippen LogP contribution in [0.4, 0.5) is 0 Å². The minimum absolute atomic E-state index is 0.755. The number of thioether (sulfide) groups is 2. The first kappa shape index (κ1) is 17.0. The second kappa shape index (κ2) is 8.33. The fourth-order valence-electron chi connectivity index (χ4n) is 3.72. The molecule has 1 aliphatic heterocycles. The number of nitrogens with one attached hydrogen (secondary N) is 1. The highest BCUT2D eigenvalue weighted by Crippen LogP contribution is 2.41. The lowest BCUT2D eigenvalue weighted by atomic mass is 9.77. The third-order valence-corrected chi connectivity index (χ3v) is 8.61. The van der Waals surface area contributed by atoms with Crippen LogP contribution in [0.2, 0.25) is 0 Å². The van der Waals surface area contributed by atoms with Crippen LogP contribution in [-0.2, 0) is 0 Å². The molecule has 118 valence electrons. The second-order valence-electron chi connectivity index (χ2n) is 6.93. The SMILES string of the molecule is CCCNC(C1CCCC(C)C1)C1CSC(C)C(C)S1. The molecule has 1 heterocycles. The zero-order valence-corrected chi connectivity index (χ0v) is 15.4. The van der Waals surface area contributed by atoms with Gasteiger partial charge < -0.3 is 5.32 Å². The lowest BCUT2D eigenvalue weighted by Gasteiger charge is -2.42. The van der Waals surface area contributed by atoms with E-state index in [4.69, 9.17) is 0 Å². The van der Waals surface area contributed by atoms with Gasteiger partial charge in [-0.3, -0.25) is 0 Å². The molecule has 3 heteroatoms. The summed E-state index contributed by atoms with van der Waals surface area (Å²) < 4.78 is 0. The highest BCUT2D eigenvalue weighted by atomic mass is 32.2. The highest BCUT2D eigenvalue weighted by molar-refractivity contribution is 8.07. The normalized spacial score (nSPS) is 40.5. The largest absolute Gasteiger partial charge is 0.313 e. The Morgan fingerprint density at radius 1 is 1.15 bits per heavy atom. The average Bonchev–Trinajstić information content (AvgIpc) is 2.43. The van der Waals surface area contributed by atoms with Crippen LogP contribution in [0.25, 0.3) is 0 Å². The third kappa shape index (κ3) is 4.58. The molecule has 1 saturated carbocycles. The summed E-state index contributed by atoms with van der Waals surface area (Å²) in [5, 5.41) is 6.40.